The average Bonchev–Trinajstić information content (AvgIpc) is 2.14. The molecule has 1 aromatic heterocycles. The molecule has 2 rings (SSSR count). The lowest BCUT2D eigenvalue weighted by molar-refractivity contribution is 1.19. The fourth-order valence-corrected chi connectivity index (χ4v) is 1.72. The van der Waals surface area contributed by atoms with Gasteiger partial charge in [0.05, 0.1) is 10.5 Å². The number of halogens is 2. The summed E-state index contributed by atoms with van der Waals surface area (Å²) in [4.78, 5) is 11.3. The van der Waals surface area contributed by atoms with Crippen LogP contribution in [-0.2, 0) is 0 Å². The third-order valence-corrected chi connectivity index (χ3v) is 2.59. The molecule has 0 saturated heterocycles. The fourth-order valence-electron chi connectivity index (χ4n) is 1.28. The Balaban J connectivity index is 3.02. The molecule has 14 heavy (non-hydrogen) atoms. The van der Waals surface area contributed by atoms with Gasteiger partial charge in [-0.15, -0.1) is 0 Å². The summed E-state index contributed by atoms with van der Waals surface area (Å²) in [6, 6.07) is 6.26. The van der Waals surface area contributed by atoms with Gasteiger partial charge in [-0.3, -0.25) is 4.79 Å². The lowest BCUT2D eigenvalue weighted by Crippen LogP contribution is -2.11. The average molecular weight is 229 g/mol. The summed E-state index contributed by atoms with van der Waals surface area (Å²) in [5, 5.41) is 1.02. The summed E-state index contributed by atoms with van der Waals surface area (Å²) >= 11 is 11.6. The molecule has 3 nitrogen and oxygen atoms in total. The lowest BCUT2D eigenvalue weighted by Gasteiger charge is -2.04. The number of anilines is 1. The van der Waals surface area contributed by atoms with E-state index in [1.165, 1.54) is 6.07 Å². The molecule has 0 amide bonds. The molecule has 0 fully saturated rings. The van der Waals surface area contributed by atoms with Crippen LogP contribution in [0, 0.1) is 0 Å². The highest BCUT2D eigenvalue weighted by molar-refractivity contribution is 6.36. The number of hydrogen-bond donors (Lipinski definition) is 1. The van der Waals surface area contributed by atoms with Gasteiger partial charge in [0.1, 0.15) is 0 Å². The molecule has 1 aromatic carbocycles. The number of nitrogens with zero attached hydrogens (tertiary/aromatic N) is 1. The summed E-state index contributed by atoms with van der Waals surface area (Å²) in [7, 11) is 0. The predicted octanol–water partition coefficient (Wildman–Crippen LogP) is 2.24. The van der Waals surface area contributed by atoms with Crippen LogP contribution in [0.25, 0.3) is 10.9 Å². The molecule has 72 valence electrons. The van der Waals surface area contributed by atoms with Gasteiger partial charge in [0, 0.05) is 28.9 Å². The first kappa shape index (κ1) is 9.37. The minimum atomic E-state index is -0.353. The van der Waals surface area contributed by atoms with E-state index in [1.54, 1.807) is 18.2 Å². The van der Waals surface area contributed by atoms with Gasteiger partial charge >= 0.3 is 0 Å². The number of nitrogens with two attached hydrogens (primary N) is 1. The molecule has 0 aliphatic heterocycles. The highest BCUT2D eigenvalue weighted by Gasteiger charge is 2.05. The SMILES string of the molecule is Nc1ccc2c(c1)c(Cl)cc(=O)n2Cl. The first-order valence-electron chi connectivity index (χ1n) is 3.86. The molecule has 2 aromatic rings. The van der Waals surface area contributed by atoms with Crippen molar-refractivity contribution in [3.05, 3.63) is 39.6 Å². The zero-order valence-corrected chi connectivity index (χ0v) is 8.51. The van der Waals surface area contributed by atoms with Crippen molar-refractivity contribution in [2.24, 2.45) is 0 Å². The van der Waals surface area contributed by atoms with Crippen LogP contribution < -0.4 is 11.3 Å². The van der Waals surface area contributed by atoms with Gasteiger partial charge in [-0.25, -0.2) is 4.09 Å². The van der Waals surface area contributed by atoms with Crippen LogP contribution in [0.15, 0.2) is 29.1 Å². The van der Waals surface area contributed by atoms with E-state index in [9.17, 15) is 4.79 Å². The predicted molar refractivity (Wildman–Crippen MR) is 58.9 cm³/mol. The van der Waals surface area contributed by atoms with Crippen LogP contribution in [0.5, 0.6) is 0 Å². The molecule has 0 bridgehead atoms. The van der Waals surface area contributed by atoms with E-state index in [2.05, 4.69) is 0 Å². The molecule has 0 radical (unpaired) electrons. The van der Waals surface area contributed by atoms with E-state index in [0.29, 0.717) is 21.6 Å². The molecule has 0 unspecified atom stereocenters. The zero-order chi connectivity index (χ0) is 10.3. The molecule has 0 spiro atoms. The largest absolute Gasteiger partial charge is 0.399 e. The summed E-state index contributed by atoms with van der Waals surface area (Å²) in [5.41, 5.74) is 6.37. The van der Waals surface area contributed by atoms with Crippen molar-refractivity contribution >= 4 is 40.0 Å². The second-order valence-electron chi connectivity index (χ2n) is 2.89. The summed E-state index contributed by atoms with van der Waals surface area (Å²) in [6.07, 6.45) is 0. The van der Waals surface area contributed by atoms with Gasteiger partial charge in [-0.05, 0) is 18.2 Å². The number of hydrogen-bond acceptors (Lipinski definition) is 2. The van der Waals surface area contributed by atoms with Gasteiger partial charge in [0.15, 0.2) is 0 Å². The second-order valence-corrected chi connectivity index (χ2v) is 3.63. The molecule has 0 aliphatic carbocycles. The summed E-state index contributed by atoms with van der Waals surface area (Å²) < 4.78 is 1.01. The van der Waals surface area contributed by atoms with E-state index >= 15 is 0 Å². The van der Waals surface area contributed by atoms with Gasteiger partial charge in [-0.1, -0.05) is 11.6 Å². The smallest absolute Gasteiger partial charge is 0.267 e. The molecule has 0 atom stereocenters. The maximum absolute atomic E-state index is 11.3. The fraction of sp³-hybridized carbons (Fsp3) is 0. The Hall–Kier alpha value is -1.19. The van der Waals surface area contributed by atoms with Crippen LogP contribution >= 0.6 is 23.4 Å². The van der Waals surface area contributed by atoms with Crippen molar-refractivity contribution in [3.63, 3.8) is 0 Å². The lowest BCUT2D eigenvalue weighted by atomic mass is 10.2. The number of aromatic nitrogens is 1. The van der Waals surface area contributed by atoms with Gasteiger partial charge in [-0.2, -0.15) is 0 Å². The molecule has 0 aliphatic rings. The molecular weight excluding hydrogens is 223 g/mol. The molecule has 5 heteroatoms. The van der Waals surface area contributed by atoms with E-state index < -0.39 is 0 Å². The molecule has 1 heterocycles. The third kappa shape index (κ3) is 1.35. The topological polar surface area (TPSA) is 48.0 Å². The highest BCUT2D eigenvalue weighted by Crippen LogP contribution is 2.23. The second kappa shape index (κ2) is 3.19. The van der Waals surface area contributed by atoms with Crippen LogP contribution in [-0.4, -0.2) is 4.09 Å². The number of fused-ring (bicyclic) bond motifs is 1. The van der Waals surface area contributed by atoms with Crippen molar-refractivity contribution in [2.75, 3.05) is 5.73 Å². The molecule has 2 N–H and O–H groups in total. The number of rotatable bonds is 0. The van der Waals surface area contributed by atoms with E-state index in [-0.39, 0.29) is 5.56 Å². The van der Waals surface area contributed by atoms with Crippen molar-refractivity contribution in [1.82, 2.24) is 4.09 Å². The third-order valence-electron chi connectivity index (χ3n) is 1.93. The number of pyridine rings is 1. The minimum Gasteiger partial charge on any atom is -0.399 e. The Morgan fingerprint density at radius 3 is 2.71 bits per heavy atom. The van der Waals surface area contributed by atoms with Crippen molar-refractivity contribution in [2.45, 2.75) is 0 Å². The van der Waals surface area contributed by atoms with Gasteiger partial charge in [0.25, 0.3) is 5.56 Å². The molecular formula is C9H6Cl2N2O. The van der Waals surface area contributed by atoms with E-state index in [1.807, 2.05) is 0 Å². The minimum absolute atomic E-state index is 0.353. The van der Waals surface area contributed by atoms with Crippen LogP contribution in [0.4, 0.5) is 5.69 Å². The van der Waals surface area contributed by atoms with Crippen LogP contribution in [0.2, 0.25) is 5.02 Å². The maximum Gasteiger partial charge on any atom is 0.267 e. The first-order chi connectivity index (χ1) is 6.59. The zero-order valence-electron chi connectivity index (χ0n) is 7.00. The van der Waals surface area contributed by atoms with Crippen molar-refractivity contribution in [1.29, 1.82) is 0 Å². The first-order valence-corrected chi connectivity index (χ1v) is 4.58. The Morgan fingerprint density at radius 2 is 2.00 bits per heavy atom. The Labute approximate surface area is 89.8 Å². The van der Waals surface area contributed by atoms with E-state index in [0.717, 1.165) is 4.09 Å². The van der Waals surface area contributed by atoms with Crippen molar-refractivity contribution in [3.8, 4) is 0 Å². The van der Waals surface area contributed by atoms with Gasteiger partial charge in [0.2, 0.25) is 0 Å². The normalized spacial score (nSPS) is 10.7. The summed E-state index contributed by atoms with van der Waals surface area (Å²) in [6.45, 7) is 0. The maximum atomic E-state index is 11.3. The Bertz CT molecular complexity index is 562. The Morgan fingerprint density at radius 1 is 1.29 bits per heavy atom. The quantitative estimate of drug-likeness (QED) is 0.704. The highest BCUT2D eigenvalue weighted by atomic mass is 35.5. The van der Waals surface area contributed by atoms with Crippen molar-refractivity contribution < 1.29 is 0 Å². The standard InChI is InChI=1S/C9H6Cl2N2O/c10-7-4-9(14)13(11)8-2-1-5(12)3-6(7)8/h1-4H,12H2. The van der Waals surface area contributed by atoms with Crippen LogP contribution in [0.3, 0.4) is 0 Å². The van der Waals surface area contributed by atoms with Gasteiger partial charge < -0.3 is 5.73 Å². The Kier molecular flexibility index (Phi) is 2.13. The number of nitrogen functional groups attached to an aromatic ring is 1. The molecule has 0 saturated carbocycles. The summed E-state index contributed by atoms with van der Waals surface area (Å²) in [5.74, 6) is 0. The van der Waals surface area contributed by atoms with E-state index in [4.69, 9.17) is 29.1 Å². The van der Waals surface area contributed by atoms with Crippen LogP contribution in [0.1, 0.15) is 0 Å². The monoisotopic (exact) mass is 228 g/mol. The number of benzene rings is 1.